The van der Waals surface area contributed by atoms with Gasteiger partial charge in [-0.1, -0.05) is 7.43 Å². The Morgan fingerprint density at radius 2 is 0.900 bits per heavy atom. The van der Waals surface area contributed by atoms with Gasteiger partial charge in [-0.25, -0.2) is 0 Å². The molecule has 0 N–H and O–H groups in total. The number of hydrogen-bond donors (Lipinski definition) is 0. The number of hydrogen-bond acceptors (Lipinski definition) is 1. The first-order valence-electron chi connectivity index (χ1n) is 3.41. The second-order valence-corrected chi connectivity index (χ2v) is 4.33. The summed E-state index contributed by atoms with van der Waals surface area (Å²) >= 11 is 0. The van der Waals surface area contributed by atoms with Crippen LogP contribution in [0.25, 0.3) is 0 Å². The van der Waals surface area contributed by atoms with Crippen molar-refractivity contribution in [3.05, 3.63) is 7.43 Å². The van der Waals surface area contributed by atoms with Gasteiger partial charge in [0, 0.05) is 0 Å². The van der Waals surface area contributed by atoms with Crippen molar-refractivity contribution in [2.24, 2.45) is 0 Å². The Morgan fingerprint density at radius 3 is 0.900 bits per heavy atom. The summed E-state index contributed by atoms with van der Waals surface area (Å²) in [5, 5.41) is 0. The first-order valence-corrected chi connectivity index (χ1v) is 3.41. The first-order chi connectivity index (χ1) is 3.71. The Labute approximate surface area is 65.8 Å². The Bertz CT molecular complexity index is 69.9. The fourth-order valence-electron chi connectivity index (χ4n) is 0.919. The molecule has 10 heavy (non-hydrogen) atoms. The van der Waals surface area contributed by atoms with Gasteiger partial charge in [0.05, 0.1) is 11.2 Å². The highest BCUT2D eigenvalue weighted by Gasteiger charge is 2.19. The average molecular weight is 145 g/mol. The molecule has 0 aromatic rings. The largest absolute Gasteiger partial charge is 0.370 e. The molecule has 0 saturated carbocycles. The molecule has 1 nitrogen and oxygen atoms in total. The van der Waals surface area contributed by atoms with Gasteiger partial charge in [-0.05, 0) is 41.5 Å². The van der Waals surface area contributed by atoms with Gasteiger partial charge in [0.25, 0.3) is 0 Å². The Kier molecular flexibility index (Phi) is 4.27. The summed E-state index contributed by atoms with van der Waals surface area (Å²) in [6, 6.07) is 0. The van der Waals surface area contributed by atoms with Crippen LogP contribution in [0.4, 0.5) is 0 Å². The van der Waals surface area contributed by atoms with E-state index in [0.29, 0.717) is 0 Å². The highest BCUT2D eigenvalue weighted by molar-refractivity contribution is 4.68. The van der Waals surface area contributed by atoms with Crippen molar-refractivity contribution in [1.29, 1.82) is 0 Å². The van der Waals surface area contributed by atoms with E-state index in [1.54, 1.807) is 0 Å². The summed E-state index contributed by atoms with van der Waals surface area (Å²) in [5.41, 5.74) is -0.0312. The summed E-state index contributed by atoms with van der Waals surface area (Å²) in [5.74, 6) is 0. The van der Waals surface area contributed by atoms with Crippen LogP contribution in [0.1, 0.15) is 41.5 Å². The fourth-order valence-corrected chi connectivity index (χ4v) is 0.919. The molecule has 0 saturated heterocycles. The van der Waals surface area contributed by atoms with Gasteiger partial charge in [0.2, 0.25) is 0 Å². The van der Waals surface area contributed by atoms with Crippen LogP contribution in [0.15, 0.2) is 0 Å². The molecule has 1 radical (unpaired) electrons. The molecule has 0 atom stereocenters. The summed E-state index contributed by atoms with van der Waals surface area (Å²) in [7, 11) is 0. The van der Waals surface area contributed by atoms with Crippen molar-refractivity contribution in [2.75, 3.05) is 0 Å². The number of ether oxygens (including phenoxy) is 1. The summed E-state index contributed by atoms with van der Waals surface area (Å²) in [4.78, 5) is 0. The van der Waals surface area contributed by atoms with Crippen molar-refractivity contribution >= 4 is 0 Å². The lowest BCUT2D eigenvalue weighted by molar-refractivity contribution is -0.102. The molecule has 1 heteroatoms. The van der Waals surface area contributed by atoms with Gasteiger partial charge in [-0.15, -0.1) is 0 Å². The van der Waals surface area contributed by atoms with Gasteiger partial charge < -0.3 is 4.74 Å². The van der Waals surface area contributed by atoms with Crippen molar-refractivity contribution in [3.63, 3.8) is 0 Å². The lowest BCUT2D eigenvalue weighted by Crippen LogP contribution is -2.31. The van der Waals surface area contributed by atoms with Gasteiger partial charge in [-0.2, -0.15) is 0 Å². The number of rotatable bonds is 0. The molecule has 0 spiro atoms. The summed E-state index contributed by atoms with van der Waals surface area (Å²) in [6.07, 6.45) is 0. The molecule has 0 heterocycles. The Morgan fingerprint density at radius 1 is 0.700 bits per heavy atom. The lowest BCUT2D eigenvalue weighted by atomic mass is 10.1. The second kappa shape index (κ2) is 3.38. The van der Waals surface area contributed by atoms with E-state index in [1.165, 1.54) is 0 Å². The summed E-state index contributed by atoms with van der Waals surface area (Å²) < 4.78 is 5.62. The third-order valence-electron chi connectivity index (χ3n) is 0.612. The molecule has 63 valence electrons. The maximum absolute atomic E-state index is 5.62. The van der Waals surface area contributed by atoms with Crippen LogP contribution in [0.3, 0.4) is 0 Å². The molecule has 0 bridgehead atoms. The van der Waals surface area contributed by atoms with E-state index in [4.69, 9.17) is 4.74 Å². The maximum atomic E-state index is 5.62. The van der Waals surface area contributed by atoms with Crippen molar-refractivity contribution < 1.29 is 4.74 Å². The minimum Gasteiger partial charge on any atom is -0.370 e. The molecule has 0 unspecified atom stereocenters. The Balaban J connectivity index is 0. The van der Waals surface area contributed by atoms with Crippen molar-refractivity contribution in [3.8, 4) is 0 Å². The molecule has 0 aromatic carbocycles. The van der Waals surface area contributed by atoms with Crippen LogP contribution in [-0.4, -0.2) is 11.2 Å². The molecule has 0 aliphatic heterocycles. The molecule has 0 aliphatic rings. The second-order valence-electron chi connectivity index (χ2n) is 4.33. The van der Waals surface area contributed by atoms with E-state index in [2.05, 4.69) is 41.5 Å². The first kappa shape index (κ1) is 12.6. The average Bonchev–Trinajstić information content (AvgIpc) is 1.14. The van der Waals surface area contributed by atoms with Crippen LogP contribution in [0.5, 0.6) is 0 Å². The Hall–Kier alpha value is -0.0400. The monoisotopic (exact) mass is 145 g/mol. The predicted octanol–water partition coefficient (Wildman–Crippen LogP) is 3.05. The molecule has 0 rings (SSSR count). The smallest absolute Gasteiger partial charge is 0.0605 e. The van der Waals surface area contributed by atoms with Crippen LogP contribution >= 0.6 is 0 Å². The highest BCUT2D eigenvalue weighted by atomic mass is 16.5. The molecular weight excluding hydrogens is 124 g/mol. The SMILES string of the molecule is CC(C)(C)OC(C)(C)C.[CH3]. The van der Waals surface area contributed by atoms with E-state index in [1.807, 2.05) is 0 Å². The fraction of sp³-hybridized carbons (Fsp3) is 0.889. The topological polar surface area (TPSA) is 9.23 Å². The van der Waals surface area contributed by atoms with Crippen molar-refractivity contribution in [1.82, 2.24) is 0 Å². The van der Waals surface area contributed by atoms with E-state index < -0.39 is 0 Å². The van der Waals surface area contributed by atoms with E-state index in [0.717, 1.165) is 0 Å². The van der Waals surface area contributed by atoms with Crippen LogP contribution < -0.4 is 0 Å². The van der Waals surface area contributed by atoms with Crippen LogP contribution in [0.2, 0.25) is 0 Å². The van der Waals surface area contributed by atoms with Crippen LogP contribution in [0, 0.1) is 7.43 Å². The van der Waals surface area contributed by atoms with E-state index in [-0.39, 0.29) is 18.6 Å². The predicted molar refractivity (Wildman–Crippen MR) is 47.0 cm³/mol. The van der Waals surface area contributed by atoms with E-state index >= 15 is 0 Å². The molecular formula is C9H21O. The molecule has 0 aliphatic carbocycles. The quantitative estimate of drug-likeness (QED) is 0.509. The zero-order valence-corrected chi connectivity index (χ0v) is 8.41. The van der Waals surface area contributed by atoms with E-state index in [9.17, 15) is 0 Å². The normalized spacial score (nSPS) is 12.6. The standard InChI is InChI=1S/C8H18O.CH3/c1-7(2,3)9-8(4,5)6;/h1-6H3;1H3. The van der Waals surface area contributed by atoms with Gasteiger partial charge in [0.15, 0.2) is 0 Å². The minimum absolute atomic E-state index is 0. The molecule has 0 fully saturated rings. The van der Waals surface area contributed by atoms with Gasteiger partial charge in [-0.3, -0.25) is 0 Å². The zero-order valence-electron chi connectivity index (χ0n) is 8.41. The summed E-state index contributed by atoms with van der Waals surface area (Å²) in [6.45, 7) is 12.4. The van der Waals surface area contributed by atoms with Crippen molar-refractivity contribution in [2.45, 2.75) is 52.7 Å². The minimum atomic E-state index is -0.0156. The molecule has 0 amide bonds. The van der Waals surface area contributed by atoms with Crippen LogP contribution in [-0.2, 0) is 4.74 Å². The zero-order chi connectivity index (χ0) is 7.71. The van der Waals surface area contributed by atoms with Gasteiger partial charge in [0.1, 0.15) is 0 Å². The third kappa shape index (κ3) is 10.9. The lowest BCUT2D eigenvalue weighted by Gasteiger charge is -2.30. The van der Waals surface area contributed by atoms with Gasteiger partial charge >= 0.3 is 0 Å². The maximum Gasteiger partial charge on any atom is 0.0605 e. The highest BCUT2D eigenvalue weighted by Crippen LogP contribution is 2.17. The molecule has 0 aromatic heterocycles. The third-order valence-corrected chi connectivity index (χ3v) is 0.612.